The summed E-state index contributed by atoms with van der Waals surface area (Å²) in [7, 11) is 3.45. The number of thiazole rings is 1. The molecule has 45 heavy (non-hydrogen) atoms. The van der Waals surface area contributed by atoms with Crippen molar-refractivity contribution in [2.45, 2.75) is 71.2 Å². The van der Waals surface area contributed by atoms with Gasteiger partial charge in [0.05, 0.1) is 32.4 Å². The molecule has 1 aromatic carbocycles. The molecule has 4 aliphatic rings. The van der Waals surface area contributed by atoms with Gasteiger partial charge in [0.1, 0.15) is 11.4 Å². The zero-order valence-electron chi connectivity index (χ0n) is 27.1. The molecule has 1 saturated carbocycles. The smallest absolute Gasteiger partial charge is 0.337 e. The van der Waals surface area contributed by atoms with Gasteiger partial charge in [-0.2, -0.15) is 0 Å². The first-order valence-corrected chi connectivity index (χ1v) is 16.3. The first-order valence-electron chi connectivity index (χ1n) is 15.0. The van der Waals surface area contributed by atoms with Gasteiger partial charge >= 0.3 is 5.97 Å². The van der Waals surface area contributed by atoms with Crippen LogP contribution in [0.25, 0.3) is 0 Å². The fourth-order valence-electron chi connectivity index (χ4n) is 5.78. The van der Waals surface area contributed by atoms with Crippen molar-refractivity contribution in [1.82, 2.24) is 20.5 Å². The van der Waals surface area contributed by atoms with E-state index in [1.807, 2.05) is 33.2 Å². The Balaban J connectivity index is 0.000000252. The van der Waals surface area contributed by atoms with Crippen LogP contribution in [0.5, 0.6) is 0 Å². The fraction of sp³-hybridized carbons (Fsp3) is 0.562. The van der Waals surface area contributed by atoms with Crippen LogP contribution < -0.4 is 10.6 Å². The number of aromatic nitrogens is 1. The number of nitrogens with zero attached hydrogens (tertiary/aromatic N) is 3. The second-order valence-corrected chi connectivity index (χ2v) is 13.3. The van der Waals surface area contributed by atoms with Gasteiger partial charge in [-0.15, -0.1) is 11.3 Å². The van der Waals surface area contributed by atoms with Crippen molar-refractivity contribution in [3.63, 3.8) is 0 Å². The highest BCUT2D eigenvalue weighted by Crippen LogP contribution is 2.60. The molecule has 0 radical (unpaired) electrons. The van der Waals surface area contributed by atoms with Crippen LogP contribution >= 0.6 is 22.9 Å². The van der Waals surface area contributed by atoms with Crippen molar-refractivity contribution in [2.24, 2.45) is 10.4 Å². The van der Waals surface area contributed by atoms with Crippen LogP contribution in [-0.4, -0.2) is 92.3 Å². The molecule has 6 rings (SSSR count). The average molecular weight is 666 g/mol. The number of piperidine rings is 1. The predicted octanol–water partition coefficient (Wildman–Crippen LogP) is 4.83. The molecule has 1 aromatic heterocycles. The Kier molecular flexibility index (Phi) is 13.5. The van der Waals surface area contributed by atoms with Gasteiger partial charge in [0.2, 0.25) is 0 Å². The van der Waals surface area contributed by atoms with Crippen LogP contribution in [0.2, 0.25) is 5.02 Å². The van der Waals surface area contributed by atoms with Crippen LogP contribution in [0.1, 0.15) is 52.5 Å². The summed E-state index contributed by atoms with van der Waals surface area (Å²) in [5.41, 5.74) is 1.39. The number of carbonyl (C=O) groups is 2. The van der Waals surface area contributed by atoms with E-state index in [0.717, 1.165) is 36.2 Å². The monoisotopic (exact) mass is 665 g/mol. The summed E-state index contributed by atoms with van der Waals surface area (Å²) in [6.45, 7) is 12.7. The summed E-state index contributed by atoms with van der Waals surface area (Å²) in [6, 6.07) is 7.23. The Morgan fingerprint density at radius 1 is 1.33 bits per heavy atom. The Morgan fingerprint density at radius 2 is 2.07 bits per heavy atom. The molecule has 4 unspecified atom stereocenters. The molecule has 1 spiro atoms. The number of hydrogen-bond donors (Lipinski definition) is 2. The lowest BCUT2D eigenvalue weighted by molar-refractivity contribution is -0.196. The van der Waals surface area contributed by atoms with Crippen LogP contribution in [0.3, 0.4) is 0 Å². The summed E-state index contributed by atoms with van der Waals surface area (Å²) in [6.07, 6.45) is 4.12. The van der Waals surface area contributed by atoms with Crippen molar-refractivity contribution >= 4 is 41.2 Å². The summed E-state index contributed by atoms with van der Waals surface area (Å²) in [5, 5.41) is 10.00. The second-order valence-electron chi connectivity index (χ2n) is 12.0. The molecular formula is C32H45ClFN5O5S. The molecule has 1 aliphatic carbocycles. The lowest BCUT2D eigenvalue weighted by Gasteiger charge is -2.71. The molecule has 13 heteroatoms. The summed E-state index contributed by atoms with van der Waals surface area (Å²) < 4.78 is 27.5. The molecule has 3 aliphatic heterocycles. The van der Waals surface area contributed by atoms with E-state index in [9.17, 15) is 14.0 Å². The topological polar surface area (TPSA) is 114 Å². The molecule has 3 fully saturated rings. The minimum Gasteiger partial charge on any atom is -0.466 e. The van der Waals surface area contributed by atoms with E-state index in [0.29, 0.717) is 48.3 Å². The lowest BCUT2D eigenvalue weighted by Crippen LogP contribution is -2.84. The molecule has 248 valence electrons. The second kappa shape index (κ2) is 16.6. The number of halogens is 2. The van der Waals surface area contributed by atoms with Crippen LogP contribution in [-0.2, 0) is 23.8 Å². The molecular weight excluding hydrogens is 621 g/mol. The maximum Gasteiger partial charge on any atom is 0.337 e. The molecule has 4 atom stereocenters. The Labute approximate surface area is 274 Å². The number of rotatable bonds is 6. The van der Waals surface area contributed by atoms with Gasteiger partial charge in [-0.1, -0.05) is 37.9 Å². The number of likely N-dealkylation sites (tertiary alicyclic amines) is 1. The summed E-state index contributed by atoms with van der Waals surface area (Å²) >= 11 is 6.94. The number of aliphatic imine (C=N–C) groups is 1. The summed E-state index contributed by atoms with van der Waals surface area (Å²) in [4.78, 5) is 33.2. The third kappa shape index (κ3) is 8.88. The van der Waals surface area contributed by atoms with Crippen molar-refractivity contribution in [1.29, 1.82) is 0 Å². The largest absolute Gasteiger partial charge is 0.466 e. The number of benzene rings is 1. The van der Waals surface area contributed by atoms with Crippen LogP contribution in [0.15, 0.2) is 52.1 Å². The van der Waals surface area contributed by atoms with E-state index < -0.39 is 0 Å². The number of amidine groups is 1. The standard InChI is InChI=1S/C18H23N5O3S.C6H4ClF.C5H10O2.C3H8/c1-19-12-5-13-18(12)9-26-8-14(18)23(13)7-11-10(17(24)25-2)6-21-15(22-11)16-20-3-4-27-16;7-5-2-1-3-6(8)4-5;1-5(2,3)7-4-6;1-3-2/h3-4,12-14,19H,5-9H2,1-2H3,(H,21,22);1-4H;4H,1-3H3;3H2,1-2H3. The third-order valence-corrected chi connectivity index (χ3v) is 8.76. The third-order valence-electron chi connectivity index (χ3n) is 7.75. The lowest BCUT2D eigenvalue weighted by atomic mass is 9.50. The average Bonchev–Trinajstić information content (AvgIpc) is 3.67. The number of hydrogen-bond acceptors (Lipinski definition) is 11. The number of carbonyl (C=O) groups excluding carboxylic acids is 2. The van der Waals surface area contributed by atoms with Gasteiger partial charge in [-0.05, 0) is 52.4 Å². The van der Waals surface area contributed by atoms with E-state index in [4.69, 9.17) is 21.1 Å². The number of methoxy groups -OCH3 is 1. The molecule has 2 aromatic rings. The molecule has 0 amide bonds. The SMILES string of the molecule is CC(C)(C)OC=O.CCC.CNC1CC2N(CC3=C(C(=O)OC)CN=C(c4nccs4)N3)C3COCC132.Fc1cccc(Cl)c1. The van der Waals surface area contributed by atoms with E-state index in [-0.39, 0.29) is 22.8 Å². The van der Waals surface area contributed by atoms with E-state index in [2.05, 4.69) is 44.1 Å². The fourth-order valence-corrected chi connectivity index (χ4v) is 6.56. The highest BCUT2D eigenvalue weighted by atomic mass is 35.5. The summed E-state index contributed by atoms with van der Waals surface area (Å²) in [5.74, 6) is 0.108. The maximum atomic E-state index is 12.3. The van der Waals surface area contributed by atoms with Gasteiger partial charge < -0.3 is 24.8 Å². The number of ether oxygens (including phenoxy) is 3. The maximum absolute atomic E-state index is 12.3. The van der Waals surface area contributed by atoms with E-state index in [1.54, 1.807) is 18.3 Å². The minimum absolute atomic E-state index is 0.238. The van der Waals surface area contributed by atoms with Gasteiger partial charge in [0.25, 0.3) is 6.47 Å². The molecule has 0 bridgehead atoms. The Bertz CT molecular complexity index is 1320. The normalized spacial score (nSPS) is 24.6. The van der Waals surface area contributed by atoms with Crippen LogP contribution in [0.4, 0.5) is 4.39 Å². The van der Waals surface area contributed by atoms with Gasteiger partial charge in [0.15, 0.2) is 10.8 Å². The highest BCUT2D eigenvalue weighted by Gasteiger charge is 2.73. The highest BCUT2D eigenvalue weighted by molar-refractivity contribution is 7.11. The van der Waals surface area contributed by atoms with Crippen molar-refractivity contribution in [3.05, 3.63) is 63.0 Å². The van der Waals surface area contributed by atoms with Gasteiger partial charge in [-0.3, -0.25) is 14.7 Å². The first-order chi connectivity index (χ1) is 21.4. The molecule has 2 N–H and O–H groups in total. The number of esters is 1. The first kappa shape index (κ1) is 36.6. The van der Waals surface area contributed by atoms with Crippen molar-refractivity contribution in [2.75, 3.05) is 40.5 Å². The minimum atomic E-state index is -0.324. The molecule has 2 saturated heterocycles. The van der Waals surface area contributed by atoms with E-state index in [1.165, 1.54) is 37.0 Å². The van der Waals surface area contributed by atoms with Crippen molar-refractivity contribution in [3.8, 4) is 0 Å². The zero-order chi connectivity index (χ0) is 33.2. The van der Waals surface area contributed by atoms with E-state index >= 15 is 0 Å². The van der Waals surface area contributed by atoms with Crippen molar-refractivity contribution < 1.29 is 28.2 Å². The molecule has 4 heterocycles. The predicted molar refractivity (Wildman–Crippen MR) is 175 cm³/mol. The quantitative estimate of drug-likeness (QED) is 0.331. The zero-order valence-corrected chi connectivity index (χ0v) is 28.6. The Hall–Kier alpha value is -2.90. The molecule has 10 nitrogen and oxygen atoms in total. The van der Waals surface area contributed by atoms with Gasteiger partial charge in [-0.25, -0.2) is 14.2 Å². The van der Waals surface area contributed by atoms with Gasteiger partial charge in [0, 0.05) is 52.4 Å². The Morgan fingerprint density at radius 3 is 2.58 bits per heavy atom. The van der Waals surface area contributed by atoms with Crippen LogP contribution in [0, 0.1) is 11.2 Å². The number of nitrogens with one attached hydrogen (secondary N) is 2.